The van der Waals surface area contributed by atoms with Crippen molar-refractivity contribution in [2.24, 2.45) is 0 Å². The minimum absolute atomic E-state index is 0.0670. The van der Waals surface area contributed by atoms with Crippen molar-refractivity contribution in [1.82, 2.24) is 39.5 Å². The van der Waals surface area contributed by atoms with Crippen LogP contribution in [0, 0.1) is 13.8 Å². The number of hydrogen-bond donors (Lipinski definition) is 0. The average molecular weight is 938 g/mol. The molecule has 4 aromatic heterocycles. The predicted molar refractivity (Wildman–Crippen MR) is 254 cm³/mol. The summed E-state index contributed by atoms with van der Waals surface area (Å²) in [7, 11) is 0. The molecule has 328 valence electrons. The van der Waals surface area contributed by atoms with Crippen molar-refractivity contribution in [3.63, 3.8) is 0 Å². The van der Waals surface area contributed by atoms with Crippen LogP contribution >= 0.6 is 27.5 Å². The molecule has 12 heteroatoms. The van der Waals surface area contributed by atoms with Crippen LogP contribution in [0.4, 0.5) is 0 Å². The SMILES string of the molecule is Cc1ccc2c(c1)CCc1c(Cl)ccnc1C2N1CCN(C(=O)Cc2cccnc2)CC1.Cc1ccc2c(c1)CCc1cc(Br)cnc1C2N1CCN(C(=O)Cc2cccnc2)CC1. The molecule has 64 heavy (non-hydrogen) atoms. The quantitative estimate of drug-likeness (QED) is 0.165. The number of halogens is 2. The lowest BCUT2D eigenvalue weighted by atomic mass is 9.94. The monoisotopic (exact) mass is 936 g/mol. The third-order valence-electron chi connectivity index (χ3n) is 13.2. The molecule has 0 radical (unpaired) electrons. The Morgan fingerprint density at radius 2 is 1.11 bits per heavy atom. The van der Waals surface area contributed by atoms with E-state index in [1.807, 2.05) is 52.5 Å². The number of aromatic nitrogens is 4. The van der Waals surface area contributed by atoms with E-state index in [4.69, 9.17) is 21.6 Å². The summed E-state index contributed by atoms with van der Waals surface area (Å²) < 4.78 is 1.03. The van der Waals surface area contributed by atoms with E-state index in [0.29, 0.717) is 25.9 Å². The molecular weight excluding hydrogens is 884 g/mol. The molecule has 0 N–H and O–H groups in total. The van der Waals surface area contributed by atoms with Gasteiger partial charge in [-0.3, -0.25) is 39.3 Å². The van der Waals surface area contributed by atoms with E-state index >= 15 is 0 Å². The smallest absolute Gasteiger partial charge is 0.227 e. The van der Waals surface area contributed by atoms with Gasteiger partial charge in [0.25, 0.3) is 0 Å². The lowest BCUT2D eigenvalue weighted by molar-refractivity contribution is -0.133. The van der Waals surface area contributed by atoms with E-state index in [1.54, 1.807) is 24.8 Å². The number of amides is 2. The van der Waals surface area contributed by atoms with Crippen molar-refractivity contribution in [3.8, 4) is 0 Å². The van der Waals surface area contributed by atoms with Crippen LogP contribution in [0.1, 0.15) is 79.1 Å². The number of carbonyl (C=O) groups is 2. The number of aryl methyl sites for hydroxylation is 5. The van der Waals surface area contributed by atoms with Crippen molar-refractivity contribution in [1.29, 1.82) is 0 Å². The Morgan fingerprint density at radius 3 is 1.64 bits per heavy atom. The van der Waals surface area contributed by atoms with Crippen molar-refractivity contribution < 1.29 is 9.59 Å². The van der Waals surface area contributed by atoms with E-state index in [9.17, 15) is 9.59 Å². The molecule has 6 heterocycles. The molecule has 2 aliphatic heterocycles. The van der Waals surface area contributed by atoms with Gasteiger partial charge in [-0.1, -0.05) is 71.3 Å². The second-order valence-corrected chi connectivity index (χ2v) is 18.8. The molecule has 10 nitrogen and oxygen atoms in total. The summed E-state index contributed by atoms with van der Waals surface area (Å²) in [6.45, 7) is 10.5. The highest BCUT2D eigenvalue weighted by Gasteiger charge is 2.35. The maximum absolute atomic E-state index is 12.8. The van der Waals surface area contributed by atoms with Crippen LogP contribution in [0.25, 0.3) is 0 Å². The molecule has 2 atom stereocenters. The minimum atomic E-state index is 0.0670. The number of carbonyl (C=O) groups excluding carboxylic acids is 2. The van der Waals surface area contributed by atoms with E-state index in [0.717, 1.165) is 103 Å². The zero-order valence-electron chi connectivity index (χ0n) is 36.6. The van der Waals surface area contributed by atoms with Gasteiger partial charge in [-0.05, 0) is 124 Å². The second kappa shape index (κ2) is 19.8. The third-order valence-corrected chi connectivity index (χ3v) is 14.0. The van der Waals surface area contributed by atoms with Crippen LogP contribution in [-0.2, 0) is 48.1 Å². The molecule has 10 rings (SSSR count). The Kier molecular flexibility index (Phi) is 13.6. The van der Waals surface area contributed by atoms with Gasteiger partial charge < -0.3 is 9.80 Å². The van der Waals surface area contributed by atoms with E-state index in [2.05, 4.69) is 92.0 Å². The lowest BCUT2D eigenvalue weighted by Gasteiger charge is -2.40. The Hall–Kier alpha value is -5.33. The number of hydrogen-bond acceptors (Lipinski definition) is 8. The topological polar surface area (TPSA) is 98.7 Å². The van der Waals surface area contributed by atoms with Gasteiger partial charge in [-0.15, -0.1) is 0 Å². The first-order chi connectivity index (χ1) is 31.2. The molecule has 0 saturated carbocycles. The van der Waals surface area contributed by atoms with Gasteiger partial charge >= 0.3 is 0 Å². The summed E-state index contributed by atoms with van der Waals surface area (Å²) in [5.74, 6) is 0.341. The van der Waals surface area contributed by atoms with E-state index in [1.165, 1.54) is 38.9 Å². The predicted octanol–water partition coefficient (Wildman–Crippen LogP) is 8.14. The van der Waals surface area contributed by atoms with Crippen molar-refractivity contribution in [2.75, 3.05) is 52.4 Å². The van der Waals surface area contributed by atoms with Crippen LogP contribution in [-0.4, -0.2) is 104 Å². The summed E-state index contributed by atoms with van der Waals surface area (Å²) >= 11 is 10.2. The van der Waals surface area contributed by atoms with Gasteiger partial charge in [-0.2, -0.15) is 0 Å². The molecule has 2 unspecified atom stereocenters. The fourth-order valence-corrected chi connectivity index (χ4v) is 10.6. The maximum atomic E-state index is 12.8. The average Bonchev–Trinajstić information content (AvgIpc) is 3.58. The minimum Gasteiger partial charge on any atom is -0.340 e. The van der Waals surface area contributed by atoms with Crippen LogP contribution in [0.5, 0.6) is 0 Å². The van der Waals surface area contributed by atoms with Gasteiger partial charge in [0, 0.05) is 99.0 Å². The summed E-state index contributed by atoms with van der Waals surface area (Å²) in [6, 6.07) is 25.6. The zero-order valence-corrected chi connectivity index (χ0v) is 38.9. The summed E-state index contributed by atoms with van der Waals surface area (Å²) in [5.41, 5.74) is 14.7. The Morgan fingerprint density at radius 1 is 0.594 bits per heavy atom. The molecular formula is C52H54BrClN8O2. The van der Waals surface area contributed by atoms with Crippen molar-refractivity contribution in [2.45, 2.75) is 64.5 Å². The fourth-order valence-electron chi connectivity index (χ4n) is 9.94. The van der Waals surface area contributed by atoms with Crippen LogP contribution in [0.15, 0.2) is 114 Å². The Bertz CT molecular complexity index is 2560. The molecule has 2 saturated heterocycles. The van der Waals surface area contributed by atoms with Crippen molar-refractivity contribution >= 4 is 39.3 Å². The number of pyridine rings is 4. The van der Waals surface area contributed by atoms with Gasteiger partial charge in [0.2, 0.25) is 11.8 Å². The highest BCUT2D eigenvalue weighted by Crippen LogP contribution is 2.40. The highest BCUT2D eigenvalue weighted by molar-refractivity contribution is 9.10. The molecule has 0 bridgehead atoms. The molecule has 2 aliphatic carbocycles. The Balaban J connectivity index is 0.000000162. The first-order valence-corrected chi connectivity index (χ1v) is 23.6. The fraction of sp³-hybridized carbons (Fsp3) is 0.346. The number of fused-ring (bicyclic) bond motifs is 4. The van der Waals surface area contributed by atoms with Gasteiger partial charge in [0.15, 0.2) is 0 Å². The Labute approximate surface area is 389 Å². The van der Waals surface area contributed by atoms with Crippen LogP contribution in [0.3, 0.4) is 0 Å². The van der Waals surface area contributed by atoms with Crippen molar-refractivity contribution in [3.05, 3.63) is 186 Å². The molecule has 2 aromatic carbocycles. The van der Waals surface area contributed by atoms with Crippen LogP contribution < -0.4 is 0 Å². The largest absolute Gasteiger partial charge is 0.340 e. The number of nitrogens with zero attached hydrogens (tertiary/aromatic N) is 8. The second-order valence-electron chi connectivity index (χ2n) is 17.5. The molecule has 6 aromatic rings. The number of benzene rings is 2. The normalized spacial score (nSPS) is 18.6. The standard InChI is InChI=1S/C26H27BrN4O.C26H27ClN4O/c1-18-4-7-23-20(13-18)5-6-21-15-22(27)17-29-25(21)26(23)31-11-9-30(10-12-31)24(32)14-19-3-2-8-28-16-19;1-18-4-6-21-20(15-18)5-7-22-23(27)8-10-29-25(22)26(21)31-13-11-30(12-14-31)24(32)16-19-3-2-9-28-17-19/h2-4,7-8,13,15-17,26H,5-6,9-12,14H2,1H3;2-4,6,8-10,15,17,26H,5,7,11-14,16H2,1H3. The molecule has 2 fully saturated rings. The first kappa shape index (κ1) is 43.9. The van der Waals surface area contributed by atoms with E-state index < -0.39 is 0 Å². The van der Waals surface area contributed by atoms with E-state index in [-0.39, 0.29) is 23.9 Å². The van der Waals surface area contributed by atoms with Crippen LogP contribution in [0.2, 0.25) is 5.02 Å². The summed E-state index contributed by atoms with van der Waals surface area (Å²) in [4.78, 5) is 52.6. The number of rotatable bonds is 6. The third kappa shape index (κ3) is 9.83. The zero-order chi connectivity index (χ0) is 44.2. The first-order valence-electron chi connectivity index (χ1n) is 22.5. The summed E-state index contributed by atoms with van der Waals surface area (Å²) in [6.07, 6.45) is 15.5. The maximum Gasteiger partial charge on any atom is 0.227 e. The van der Waals surface area contributed by atoms with Gasteiger partial charge in [0.05, 0.1) is 36.3 Å². The van der Waals surface area contributed by atoms with Gasteiger partial charge in [0.1, 0.15) is 0 Å². The molecule has 2 amide bonds. The highest BCUT2D eigenvalue weighted by atomic mass is 79.9. The number of piperazine rings is 2. The molecule has 4 aliphatic rings. The lowest BCUT2D eigenvalue weighted by Crippen LogP contribution is -2.50. The molecule has 0 spiro atoms. The van der Waals surface area contributed by atoms with Gasteiger partial charge in [-0.25, -0.2) is 0 Å². The summed E-state index contributed by atoms with van der Waals surface area (Å²) in [5, 5.41) is 0.801.